The molecule has 3 heteroatoms. The van der Waals surface area contributed by atoms with Crippen molar-refractivity contribution < 1.29 is 4.39 Å². The van der Waals surface area contributed by atoms with Crippen molar-refractivity contribution >= 4 is 5.69 Å². The van der Waals surface area contributed by atoms with Crippen molar-refractivity contribution in [3.8, 4) is 0 Å². The lowest BCUT2D eigenvalue weighted by atomic mass is 10.1. The Morgan fingerprint density at radius 2 is 1.95 bits per heavy atom. The average Bonchev–Trinajstić information content (AvgIpc) is 2.42. The smallest absolute Gasteiger partial charge is 0.129 e. The van der Waals surface area contributed by atoms with Gasteiger partial charge in [0.25, 0.3) is 0 Å². The van der Waals surface area contributed by atoms with Gasteiger partial charge in [-0.05, 0) is 38.4 Å². The third-order valence-electron chi connectivity index (χ3n) is 3.33. The summed E-state index contributed by atoms with van der Waals surface area (Å²) >= 11 is 0. The Hall–Kier alpha value is -1.09. The molecule has 0 bridgehead atoms. The second-order valence-corrected chi connectivity index (χ2v) is 4.85. The number of hydrogen-bond acceptors (Lipinski definition) is 2. The van der Waals surface area contributed by atoms with E-state index >= 15 is 0 Å². The molecule has 0 aliphatic rings. The minimum absolute atomic E-state index is 0.101. The van der Waals surface area contributed by atoms with Crippen molar-refractivity contribution in [2.45, 2.75) is 46.6 Å². The van der Waals surface area contributed by atoms with E-state index in [0.29, 0.717) is 6.54 Å². The van der Waals surface area contributed by atoms with Gasteiger partial charge in [-0.2, -0.15) is 0 Å². The molecule has 1 aromatic carbocycles. The maximum Gasteiger partial charge on any atom is 0.129 e. The number of hydrogen-bond donors (Lipinski definition) is 1. The monoisotopic (exact) mass is 266 g/mol. The van der Waals surface area contributed by atoms with Crippen LogP contribution in [0.4, 0.5) is 10.1 Å². The van der Waals surface area contributed by atoms with E-state index in [2.05, 4.69) is 31.0 Å². The van der Waals surface area contributed by atoms with Gasteiger partial charge >= 0.3 is 0 Å². The second-order valence-electron chi connectivity index (χ2n) is 4.85. The Morgan fingerprint density at radius 1 is 1.16 bits per heavy atom. The molecule has 0 fully saturated rings. The SMILES string of the molecule is CCCCN(CC)c1cccc(F)c1CNCCC. The maximum atomic E-state index is 14.0. The Bertz CT molecular complexity index is 366. The highest BCUT2D eigenvalue weighted by Crippen LogP contribution is 2.23. The van der Waals surface area contributed by atoms with Crippen molar-refractivity contribution in [3.05, 3.63) is 29.6 Å². The van der Waals surface area contributed by atoms with Crippen molar-refractivity contribution in [3.63, 3.8) is 0 Å². The molecular formula is C16H27FN2. The van der Waals surface area contributed by atoms with Crippen LogP contribution in [0.5, 0.6) is 0 Å². The molecule has 19 heavy (non-hydrogen) atoms. The Morgan fingerprint density at radius 3 is 2.58 bits per heavy atom. The first-order chi connectivity index (χ1) is 9.24. The summed E-state index contributed by atoms with van der Waals surface area (Å²) in [6.07, 6.45) is 3.37. The number of anilines is 1. The van der Waals surface area contributed by atoms with Gasteiger partial charge in [0.2, 0.25) is 0 Å². The molecule has 2 nitrogen and oxygen atoms in total. The van der Waals surface area contributed by atoms with Gasteiger partial charge < -0.3 is 10.2 Å². The fourth-order valence-electron chi connectivity index (χ4n) is 2.21. The maximum absolute atomic E-state index is 14.0. The molecule has 0 aliphatic carbocycles. The molecule has 0 atom stereocenters. The molecule has 108 valence electrons. The summed E-state index contributed by atoms with van der Waals surface area (Å²) in [6.45, 7) is 9.89. The van der Waals surface area contributed by atoms with Crippen LogP contribution in [0, 0.1) is 5.82 Å². The van der Waals surface area contributed by atoms with E-state index in [4.69, 9.17) is 0 Å². The lowest BCUT2D eigenvalue weighted by Crippen LogP contribution is -2.27. The number of unbranched alkanes of at least 4 members (excludes halogenated alkanes) is 1. The topological polar surface area (TPSA) is 15.3 Å². The number of benzene rings is 1. The number of rotatable bonds is 9. The van der Waals surface area contributed by atoms with Gasteiger partial charge in [0.1, 0.15) is 5.82 Å². The lowest BCUT2D eigenvalue weighted by molar-refractivity contribution is 0.583. The van der Waals surface area contributed by atoms with Gasteiger partial charge in [-0.3, -0.25) is 0 Å². The first-order valence-electron chi connectivity index (χ1n) is 7.47. The average molecular weight is 266 g/mol. The molecule has 1 rings (SSSR count). The first-order valence-corrected chi connectivity index (χ1v) is 7.47. The van der Waals surface area contributed by atoms with Gasteiger partial charge in [-0.15, -0.1) is 0 Å². The van der Waals surface area contributed by atoms with Crippen molar-refractivity contribution in [1.82, 2.24) is 5.32 Å². The van der Waals surface area contributed by atoms with Crippen LogP contribution in [-0.4, -0.2) is 19.6 Å². The van der Waals surface area contributed by atoms with E-state index in [1.165, 1.54) is 0 Å². The van der Waals surface area contributed by atoms with Crippen LogP contribution < -0.4 is 10.2 Å². The highest BCUT2D eigenvalue weighted by molar-refractivity contribution is 5.54. The summed E-state index contributed by atoms with van der Waals surface area (Å²) in [4.78, 5) is 2.27. The van der Waals surface area contributed by atoms with E-state index in [-0.39, 0.29) is 5.82 Å². The van der Waals surface area contributed by atoms with E-state index in [9.17, 15) is 4.39 Å². The standard InChI is InChI=1S/C16H27FN2/c1-4-7-12-19(6-3)16-10-8-9-15(17)14(16)13-18-11-5-2/h8-10,18H,4-7,11-13H2,1-3H3. The normalized spacial score (nSPS) is 10.7. The van der Waals surface area contributed by atoms with Crippen LogP contribution in [-0.2, 0) is 6.54 Å². The van der Waals surface area contributed by atoms with Crippen LogP contribution in [0.25, 0.3) is 0 Å². The van der Waals surface area contributed by atoms with E-state index in [1.807, 2.05) is 12.1 Å². The molecule has 1 aromatic rings. The quantitative estimate of drug-likeness (QED) is 0.681. The fourth-order valence-corrected chi connectivity index (χ4v) is 2.21. The second kappa shape index (κ2) is 8.92. The molecule has 0 aliphatic heterocycles. The van der Waals surface area contributed by atoms with Crippen molar-refractivity contribution in [1.29, 1.82) is 0 Å². The highest BCUT2D eigenvalue weighted by Gasteiger charge is 2.12. The van der Waals surface area contributed by atoms with Crippen molar-refractivity contribution in [2.24, 2.45) is 0 Å². The van der Waals surface area contributed by atoms with Crippen molar-refractivity contribution in [2.75, 3.05) is 24.5 Å². The highest BCUT2D eigenvalue weighted by atomic mass is 19.1. The molecule has 0 amide bonds. The van der Waals surface area contributed by atoms with Gasteiger partial charge in [-0.1, -0.05) is 26.3 Å². The third kappa shape index (κ3) is 4.83. The summed E-state index contributed by atoms with van der Waals surface area (Å²) < 4.78 is 14.0. The molecule has 1 N–H and O–H groups in total. The Labute approximate surface area is 117 Å². The van der Waals surface area contributed by atoms with Gasteiger partial charge in [0.05, 0.1) is 0 Å². The molecule has 0 spiro atoms. The molecule has 0 saturated heterocycles. The molecule has 0 aromatic heterocycles. The van der Waals surface area contributed by atoms with Crippen LogP contribution >= 0.6 is 0 Å². The molecule has 0 unspecified atom stereocenters. The number of halogens is 1. The number of nitrogens with zero attached hydrogens (tertiary/aromatic N) is 1. The van der Waals surface area contributed by atoms with Crippen LogP contribution in [0.15, 0.2) is 18.2 Å². The molecule has 0 radical (unpaired) electrons. The summed E-state index contributed by atoms with van der Waals surface area (Å²) in [5.41, 5.74) is 1.84. The predicted molar refractivity (Wildman–Crippen MR) is 81.2 cm³/mol. The lowest BCUT2D eigenvalue weighted by Gasteiger charge is -2.26. The largest absolute Gasteiger partial charge is 0.371 e. The zero-order valence-electron chi connectivity index (χ0n) is 12.5. The minimum atomic E-state index is -0.101. The first kappa shape index (κ1) is 16.0. The fraction of sp³-hybridized carbons (Fsp3) is 0.625. The minimum Gasteiger partial charge on any atom is -0.371 e. The molecule has 0 heterocycles. The summed E-state index contributed by atoms with van der Waals surface area (Å²) in [5.74, 6) is -0.101. The Kier molecular flexibility index (Phi) is 7.49. The van der Waals surface area contributed by atoms with Crippen LogP contribution in [0.1, 0.15) is 45.6 Å². The molecular weight excluding hydrogens is 239 g/mol. The van der Waals surface area contributed by atoms with E-state index in [0.717, 1.165) is 50.1 Å². The predicted octanol–water partition coefficient (Wildman–Crippen LogP) is 3.95. The summed E-state index contributed by atoms with van der Waals surface area (Å²) in [7, 11) is 0. The van der Waals surface area contributed by atoms with Crippen LogP contribution in [0.2, 0.25) is 0 Å². The zero-order chi connectivity index (χ0) is 14.1. The summed E-state index contributed by atoms with van der Waals surface area (Å²) in [6, 6.07) is 5.40. The van der Waals surface area contributed by atoms with Crippen LogP contribution in [0.3, 0.4) is 0 Å². The molecule has 0 saturated carbocycles. The number of nitrogens with one attached hydrogen (secondary N) is 1. The van der Waals surface area contributed by atoms with Gasteiger partial charge in [-0.25, -0.2) is 4.39 Å². The zero-order valence-corrected chi connectivity index (χ0v) is 12.5. The van der Waals surface area contributed by atoms with E-state index < -0.39 is 0 Å². The third-order valence-corrected chi connectivity index (χ3v) is 3.33. The van der Waals surface area contributed by atoms with E-state index in [1.54, 1.807) is 6.07 Å². The summed E-state index contributed by atoms with van der Waals surface area (Å²) in [5, 5.41) is 3.30. The van der Waals surface area contributed by atoms with Gasteiger partial charge in [0.15, 0.2) is 0 Å². The Balaban J connectivity index is 2.87. The van der Waals surface area contributed by atoms with Gasteiger partial charge in [0, 0.05) is 30.9 Å².